The summed E-state index contributed by atoms with van der Waals surface area (Å²) in [4.78, 5) is 5.73. The number of unbranched alkanes of at least 4 members (excludes halogenated alkanes) is 1. The van der Waals surface area contributed by atoms with Crippen molar-refractivity contribution in [1.82, 2.24) is 5.48 Å². The van der Waals surface area contributed by atoms with Gasteiger partial charge in [-0.15, -0.1) is 0 Å². The third-order valence-corrected chi connectivity index (χ3v) is 2.78. The first-order chi connectivity index (χ1) is 7.07. The first kappa shape index (κ1) is 12.4. The molecule has 1 aliphatic rings. The first-order valence-corrected chi connectivity index (χ1v) is 5.82. The second-order valence-electron chi connectivity index (χ2n) is 4.69. The van der Waals surface area contributed by atoms with Crippen molar-refractivity contribution < 1.29 is 9.57 Å². The average Bonchev–Trinajstić information content (AvgIpc) is 2.38. The number of hydrogen-bond donors (Lipinski definition) is 1. The fourth-order valence-corrected chi connectivity index (χ4v) is 1.59. The minimum Gasteiger partial charge on any atom is -0.478 e. The number of rotatable bonds is 3. The summed E-state index contributed by atoms with van der Waals surface area (Å²) in [6.07, 6.45) is 4.42. The molecule has 88 valence electrons. The zero-order valence-corrected chi connectivity index (χ0v) is 10.4. The molecule has 1 aliphatic heterocycles. The summed E-state index contributed by atoms with van der Waals surface area (Å²) in [6, 6.07) is 0. The van der Waals surface area contributed by atoms with E-state index in [9.17, 15) is 0 Å². The van der Waals surface area contributed by atoms with Gasteiger partial charge in [-0.1, -0.05) is 19.8 Å². The van der Waals surface area contributed by atoms with Gasteiger partial charge in [0.15, 0.2) is 0 Å². The highest BCUT2D eigenvalue weighted by molar-refractivity contribution is 5.00. The molecule has 3 heteroatoms. The van der Waals surface area contributed by atoms with Crippen molar-refractivity contribution in [2.75, 3.05) is 6.61 Å². The molecule has 1 N–H and O–H groups in total. The van der Waals surface area contributed by atoms with Crippen LogP contribution in [0, 0.1) is 0 Å². The number of hydroxylamine groups is 1. The third-order valence-electron chi connectivity index (χ3n) is 2.78. The van der Waals surface area contributed by atoms with Crippen LogP contribution in [0.1, 0.15) is 53.4 Å². The summed E-state index contributed by atoms with van der Waals surface area (Å²) in [6.45, 7) is 9.10. The monoisotopic (exact) mass is 213 g/mol. The van der Waals surface area contributed by atoms with Crippen LogP contribution in [0.5, 0.6) is 0 Å². The summed E-state index contributed by atoms with van der Waals surface area (Å²) in [7, 11) is 0. The van der Waals surface area contributed by atoms with Gasteiger partial charge in [0, 0.05) is 6.42 Å². The van der Waals surface area contributed by atoms with Crippen molar-refractivity contribution in [3.63, 3.8) is 0 Å². The second-order valence-corrected chi connectivity index (χ2v) is 4.69. The van der Waals surface area contributed by atoms with Gasteiger partial charge in [-0.25, -0.2) is 5.48 Å². The molecule has 0 spiro atoms. The Morgan fingerprint density at radius 3 is 2.80 bits per heavy atom. The molecule has 3 nitrogen and oxygen atoms in total. The molecular weight excluding hydrogens is 190 g/mol. The molecule has 0 radical (unpaired) electrons. The fourth-order valence-electron chi connectivity index (χ4n) is 1.59. The van der Waals surface area contributed by atoms with Gasteiger partial charge in [0.05, 0.1) is 12.2 Å². The van der Waals surface area contributed by atoms with E-state index in [4.69, 9.17) is 9.57 Å². The Hall–Kier alpha value is -0.700. The molecule has 15 heavy (non-hydrogen) atoms. The van der Waals surface area contributed by atoms with E-state index in [1.165, 1.54) is 12.8 Å². The molecule has 1 atom stereocenters. The Kier molecular flexibility index (Phi) is 4.45. The molecular formula is C12H23NO2. The summed E-state index contributed by atoms with van der Waals surface area (Å²) in [5, 5.41) is 0. The van der Waals surface area contributed by atoms with Crippen LogP contribution in [0.25, 0.3) is 0 Å². The third kappa shape index (κ3) is 3.74. The molecule has 1 unspecified atom stereocenters. The minimum atomic E-state index is -0.0901. The zero-order chi connectivity index (χ0) is 11.3. The lowest BCUT2D eigenvalue weighted by molar-refractivity contribution is -0.0867. The Balaban J connectivity index is 2.55. The highest BCUT2D eigenvalue weighted by Gasteiger charge is 2.28. The van der Waals surface area contributed by atoms with Crippen molar-refractivity contribution in [1.29, 1.82) is 0 Å². The van der Waals surface area contributed by atoms with Gasteiger partial charge < -0.3 is 4.74 Å². The molecule has 0 aromatic rings. The van der Waals surface area contributed by atoms with E-state index >= 15 is 0 Å². The molecule has 1 heterocycles. The van der Waals surface area contributed by atoms with Gasteiger partial charge in [0.2, 0.25) is 5.88 Å². The SMILES string of the molecule is CCCCC1(C)CCOC(=C(C)C)NO1. The van der Waals surface area contributed by atoms with Crippen molar-refractivity contribution in [2.45, 2.75) is 59.0 Å². The molecule has 1 rings (SSSR count). The van der Waals surface area contributed by atoms with Crippen LogP contribution in [0.2, 0.25) is 0 Å². The standard InChI is InChI=1S/C12H23NO2/c1-5-6-7-12(4)8-9-14-11(10(2)3)13-15-12/h13H,5-9H2,1-4H3. The molecule has 0 aromatic heterocycles. The van der Waals surface area contributed by atoms with Crippen LogP contribution in [-0.4, -0.2) is 12.2 Å². The van der Waals surface area contributed by atoms with Gasteiger partial charge in [-0.3, -0.25) is 4.84 Å². The highest BCUT2D eigenvalue weighted by Crippen LogP contribution is 2.25. The van der Waals surface area contributed by atoms with Gasteiger partial charge in [-0.05, 0) is 32.8 Å². The summed E-state index contributed by atoms with van der Waals surface area (Å²) in [5.74, 6) is 0.773. The molecule has 0 aliphatic carbocycles. The predicted molar refractivity (Wildman–Crippen MR) is 61.1 cm³/mol. The van der Waals surface area contributed by atoms with Crippen LogP contribution in [0.4, 0.5) is 0 Å². The molecule has 0 aromatic carbocycles. The second kappa shape index (κ2) is 5.40. The highest BCUT2D eigenvalue weighted by atomic mass is 16.7. The molecule has 0 bridgehead atoms. The van der Waals surface area contributed by atoms with Gasteiger partial charge in [-0.2, -0.15) is 0 Å². The summed E-state index contributed by atoms with van der Waals surface area (Å²) in [5.41, 5.74) is 3.97. The van der Waals surface area contributed by atoms with E-state index in [-0.39, 0.29) is 5.60 Å². The van der Waals surface area contributed by atoms with Crippen LogP contribution in [0.3, 0.4) is 0 Å². The van der Waals surface area contributed by atoms with E-state index in [2.05, 4.69) is 19.3 Å². The molecule has 0 amide bonds. The van der Waals surface area contributed by atoms with E-state index < -0.39 is 0 Å². The number of nitrogens with one attached hydrogen (secondary N) is 1. The Labute approximate surface area is 92.8 Å². The smallest absolute Gasteiger partial charge is 0.209 e. The van der Waals surface area contributed by atoms with Crippen molar-refractivity contribution >= 4 is 0 Å². The lowest BCUT2D eigenvalue weighted by Gasteiger charge is -2.26. The average molecular weight is 213 g/mol. The number of ether oxygens (including phenoxy) is 1. The topological polar surface area (TPSA) is 30.5 Å². The van der Waals surface area contributed by atoms with Gasteiger partial charge >= 0.3 is 0 Å². The maximum absolute atomic E-state index is 5.73. The van der Waals surface area contributed by atoms with E-state index in [0.717, 1.165) is 30.9 Å². The van der Waals surface area contributed by atoms with Crippen LogP contribution >= 0.6 is 0 Å². The number of hydrogen-bond acceptors (Lipinski definition) is 3. The van der Waals surface area contributed by atoms with Crippen LogP contribution in [-0.2, 0) is 9.57 Å². The Morgan fingerprint density at radius 1 is 1.47 bits per heavy atom. The lowest BCUT2D eigenvalue weighted by Crippen LogP contribution is -2.33. The number of allylic oxidation sites excluding steroid dienone is 1. The van der Waals surface area contributed by atoms with Gasteiger partial charge in [0.1, 0.15) is 0 Å². The Morgan fingerprint density at radius 2 is 2.20 bits per heavy atom. The minimum absolute atomic E-state index is 0.0901. The van der Waals surface area contributed by atoms with Crippen LogP contribution in [0.15, 0.2) is 11.5 Å². The lowest BCUT2D eigenvalue weighted by atomic mass is 9.96. The maximum Gasteiger partial charge on any atom is 0.209 e. The molecule has 0 saturated carbocycles. The van der Waals surface area contributed by atoms with E-state index in [0.29, 0.717) is 0 Å². The Bertz CT molecular complexity index is 234. The first-order valence-electron chi connectivity index (χ1n) is 5.82. The zero-order valence-electron chi connectivity index (χ0n) is 10.4. The van der Waals surface area contributed by atoms with E-state index in [1.54, 1.807) is 0 Å². The molecule has 1 saturated heterocycles. The largest absolute Gasteiger partial charge is 0.478 e. The van der Waals surface area contributed by atoms with Crippen molar-refractivity contribution in [3.05, 3.63) is 11.5 Å². The fraction of sp³-hybridized carbons (Fsp3) is 0.833. The maximum atomic E-state index is 5.73. The van der Waals surface area contributed by atoms with Crippen molar-refractivity contribution in [3.8, 4) is 0 Å². The summed E-state index contributed by atoms with van der Waals surface area (Å²) >= 11 is 0. The quantitative estimate of drug-likeness (QED) is 0.781. The van der Waals surface area contributed by atoms with Crippen LogP contribution < -0.4 is 5.48 Å². The predicted octanol–water partition coefficient (Wildman–Crippen LogP) is 3.13. The van der Waals surface area contributed by atoms with E-state index in [1.807, 2.05) is 13.8 Å². The summed E-state index contributed by atoms with van der Waals surface area (Å²) < 4.78 is 5.58. The van der Waals surface area contributed by atoms with Gasteiger partial charge in [0.25, 0.3) is 0 Å². The van der Waals surface area contributed by atoms with Crippen molar-refractivity contribution in [2.24, 2.45) is 0 Å². The molecule has 1 fully saturated rings. The normalized spacial score (nSPS) is 26.5.